The first-order valence-corrected chi connectivity index (χ1v) is 10.7. The van der Waals surface area contributed by atoms with Crippen molar-refractivity contribution < 1.29 is 17.9 Å². The van der Waals surface area contributed by atoms with E-state index in [4.69, 9.17) is 4.74 Å². The number of pyridine rings is 1. The fraction of sp³-hybridized carbons (Fsp3) is 0.182. The van der Waals surface area contributed by atoms with Gasteiger partial charge in [0.05, 0.1) is 28.8 Å². The van der Waals surface area contributed by atoms with Crippen LogP contribution in [0.5, 0.6) is 0 Å². The molecule has 0 radical (unpaired) electrons. The van der Waals surface area contributed by atoms with Gasteiger partial charge in [-0.25, -0.2) is 17.9 Å². The topological polar surface area (TPSA) is 85.4 Å². The predicted octanol–water partition coefficient (Wildman–Crippen LogP) is 3.52. The summed E-state index contributed by atoms with van der Waals surface area (Å²) in [4.78, 5) is 16.8. The lowest BCUT2D eigenvalue weighted by molar-refractivity contribution is 0.0524. The predicted molar refractivity (Wildman–Crippen MR) is 110 cm³/mol. The number of esters is 1. The summed E-state index contributed by atoms with van der Waals surface area (Å²) in [5.41, 5.74) is 1.57. The van der Waals surface area contributed by atoms with Gasteiger partial charge in [-0.2, -0.15) is 0 Å². The molecular weight excluding hydrogens is 388 g/mol. The van der Waals surface area contributed by atoms with Crippen molar-refractivity contribution in [2.24, 2.45) is 0 Å². The summed E-state index contributed by atoms with van der Waals surface area (Å²) in [6.07, 6.45) is 1.77. The lowest BCUT2D eigenvalue weighted by Gasteiger charge is -2.20. The van der Waals surface area contributed by atoms with Crippen molar-refractivity contribution in [2.45, 2.75) is 24.3 Å². The zero-order valence-electron chi connectivity index (χ0n) is 16.0. The molecule has 29 heavy (non-hydrogen) atoms. The molecule has 2 aromatic carbocycles. The molecule has 1 unspecified atom stereocenters. The zero-order chi connectivity index (χ0) is 20.7. The quantitative estimate of drug-likeness (QED) is 0.574. The summed E-state index contributed by atoms with van der Waals surface area (Å²) in [6, 6.07) is 20.1. The average Bonchev–Trinajstić information content (AvgIpc) is 2.75. The van der Waals surface area contributed by atoms with E-state index in [1.165, 1.54) is 12.1 Å². The van der Waals surface area contributed by atoms with Gasteiger partial charge in [-0.15, -0.1) is 0 Å². The molecule has 0 saturated carbocycles. The van der Waals surface area contributed by atoms with Crippen LogP contribution in [0.1, 0.15) is 34.6 Å². The first-order valence-electron chi connectivity index (χ1n) is 9.24. The first kappa shape index (κ1) is 20.7. The van der Waals surface area contributed by atoms with Crippen LogP contribution in [0.2, 0.25) is 0 Å². The van der Waals surface area contributed by atoms with Crippen LogP contribution >= 0.6 is 0 Å². The van der Waals surface area contributed by atoms with Crippen LogP contribution in [0.15, 0.2) is 83.9 Å². The van der Waals surface area contributed by atoms with Gasteiger partial charge in [-0.1, -0.05) is 48.5 Å². The summed E-state index contributed by atoms with van der Waals surface area (Å²) in [7, 11) is -3.77. The van der Waals surface area contributed by atoms with Gasteiger partial charge in [0.15, 0.2) is 0 Å². The van der Waals surface area contributed by atoms with E-state index in [9.17, 15) is 13.2 Å². The molecule has 0 aliphatic heterocycles. The van der Waals surface area contributed by atoms with Gasteiger partial charge in [0, 0.05) is 12.6 Å². The van der Waals surface area contributed by atoms with Crippen LogP contribution in [0, 0.1) is 0 Å². The van der Waals surface area contributed by atoms with E-state index in [0.717, 1.165) is 5.56 Å². The lowest BCUT2D eigenvalue weighted by atomic mass is 10.0. The van der Waals surface area contributed by atoms with Gasteiger partial charge >= 0.3 is 5.97 Å². The lowest BCUT2D eigenvalue weighted by Crippen LogP contribution is -2.30. The highest BCUT2D eigenvalue weighted by Gasteiger charge is 2.24. The molecule has 0 bridgehead atoms. The molecule has 0 fully saturated rings. The van der Waals surface area contributed by atoms with Crippen LogP contribution in [-0.4, -0.2) is 26.0 Å². The third-order valence-corrected chi connectivity index (χ3v) is 5.82. The number of ether oxygens (including phenoxy) is 1. The number of benzene rings is 2. The molecule has 3 aromatic rings. The second-order valence-corrected chi connectivity index (χ2v) is 8.03. The van der Waals surface area contributed by atoms with Crippen molar-refractivity contribution in [3.63, 3.8) is 0 Å². The highest BCUT2D eigenvalue weighted by molar-refractivity contribution is 7.89. The Morgan fingerprint density at radius 3 is 2.31 bits per heavy atom. The minimum absolute atomic E-state index is 0.174. The van der Waals surface area contributed by atoms with E-state index in [-0.39, 0.29) is 17.9 Å². The Balaban J connectivity index is 1.96. The number of carbonyl (C=O) groups is 1. The Bertz CT molecular complexity index is 1050. The van der Waals surface area contributed by atoms with Crippen molar-refractivity contribution in [2.75, 3.05) is 6.61 Å². The Morgan fingerprint density at radius 2 is 1.66 bits per heavy atom. The highest BCUT2D eigenvalue weighted by Crippen LogP contribution is 2.23. The second-order valence-electron chi connectivity index (χ2n) is 6.32. The molecule has 0 aliphatic carbocycles. The average molecular weight is 410 g/mol. The van der Waals surface area contributed by atoms with Gasteiger partial charge in [0.25, 0.3) is 0 Å². The van der Waals surface area contributed by atoms with E-state index in [1.807, 2.05) is 30.3 Å². The molecule has 1 N–H and O–H groups in total. The maximum Gasteiger partial charge on any atom is 0.339 e. The van der Waals surface area contributed by atoms with Gasteiger partial charge in [-0.3, -0.25) is 4.98 Å². The van der Waals surface area contributed by atoms with E-state index in [0.29, 0.717) is 11.3 Å². The molecule has 6 nitrogen and oxygen atoms in total. The maximum atomic E-state index is 12.9. The number of rotatable bonds is 8. The van der Waals surface area contributed by atoms with E-state index in [1.54, 1.807) is 43.5 Å². The van der Waals surface area contributed by atoms with Gasteiger partial charge in [-0.05, 0) is 36.8 Å². The number of nitrogens with one attached hydrogen (secondary N) is 1. The molecule has 0 saturated heterocycles. The van der Waals surface area contributed by atoms with E-state index < -0.39 is 22.0 Å². The summed E-state index contributed by atoms with van der Waals surface area (Å²) in [5.74, 6) is -0.478. The van der Waals surface area contributed by atoms with Crippen molar-refractivity contribution in [1.29, 1.82) is 0 Å². The van der Waals surface area contributed by atoms with Crippen LogP contribution in [0.4, 0.5) is 0 Å². The summed E-state index contributed by atoms with van der Waals surface area (Å²) < 4.78 is 33.7. The largest absolute Gasteiger partial charge is 0.462 e. The molecule has 1 atom stereocenters. The Labute approximate surface area is 170 Å². The fourth-order valence-electron chi connectivity index (χ4n) is 2.96. The highest BCUT2D eigenvalue weighted by atomic mass is 32.2. The first-order chi connectivity index (χ1) is 14.0. The molecule has 0 aliphatic rings. The molecule has 1 aromatic heterocycles. The SMILES string of the molecule is CCOC(=O)c1cccnc1CC(NS(=O)(=O)c1ccccc1)c1ccccc1. The van der Waals surface area contributed by atoms with Crippen LogP contribution in [0.3, 0.4) is 0 Å². The number of sulfonamides is 1. The zero-order valence-corrected chi connectivity index (χ0v) is 16.8. The standard InChI is InChI=1S/C22H22N2O4S/c1-2-28-22(25)19-14-9-15-23-21(19)16-20(17-10-5-3-6-11-17)24-29(26,27)18-12-7-4-8-13-18/h3-15,20,24H,2,16H2,1H3. The van der Waals surface area contributed by atoms with Gasteiger partial charge in [0.1, 0.15) is 0 Å². The Hall–Kier alpha value is -3.03. The third kappa shape index (κ3) is 5.28. The number of aromatic nitrogens is 1. The van der Waals surface area contributed by atoms with Crippen molar-refractivity contribution in [3.8, 4) is 0 Å². The third-order valence-electron chi connectivity index (χ3n) is 4.34. The fourth-order valence-corrected chi connectivity index (χ4v) is 4.20. The number of hydrogen-bond donors (Lipinski definition) is 1. The van der Waals surface area contributed by atoms with Gasteiger partial charge in [0.2, 0.25) is 10.0 Å². The van der Waals surface area contributed by atoms with Crippen molar-refractivity contribution in [1.82, 2.24) is 9.71 Å². The molecule has 7 heteroatoms. The van der Waals surface area contributed by atoms with E-state index in [2.05, 4.69) is 9.71 Å². The monoisotopic (exact) mass is 410 g/mol. The number of carbonyl (C=O) groups excluding carboxylic acids is 1. The molecule has 1 heterocycles. The van der Waals surface area contributed by atoms with Crippen LogP contribution in [0.25, 0.3) is 0 Å². The summed E-state index contributed by atoms with van der Waals surface area (Å²) in [6.45, 7) is 1.98. The maximum absolute atomic E-state index is 12.9. The molecular formula is C22H22N2O4S. The molecule has 150 valence electrons. The molecule has 0 spiro atoms. The molecule has 3 rings (SSSR count). The van der Waals surface area contributed by atoms with Crippen LogP contribution < -0.4 is 4.72 Å². The minimum atomic E-state index is -3.77. The normalized spacial score (nSPS) is 12.3. The summed E-state index contributed by atoms with van der Waals surface area (Å²) >= 11 is 0. The van der Waals surface area contributed by atoms with Gasteiger partial charge < -0.3 is 4.74 Å². The van der Waals surface area contributed by atoms with Crippen molar-refractivity contribution in [3.05, 3.63) is 95.8 Å². The molecule has 0 amide bonds. The smallest absolute Gasteiger partial charge is 0.339 e. The van der Waals surface area contributed by atoms with Crippen molar-refractivity contribution >= 4 is 16.0 Å². The second kappa shape index (κ2) is 9.45. The number of nitrogens with zero attached hydrogens (tertiary/aromatic N) is 1. The number of hydrogen-bond acceptors (Lipinski definition) is 5. The summed E-state index contributed by atoms with van der Waals surface area (Å²) in [5, 5.41) is 0. The minimum Gasteiger partial charge on any atom is -0.462 e. The van der Waals surface area contributed by atoms with Crippen LogP contribution in [-0.2, 0) is 21.2 Å². The Morgan fingerprint density at radius 1 is 1.00 bits per heavy atom. The van der Waals surface area contributed by atoms with E-state index >= 15 is 0 Å². The Kier molecular flexibility index (Phi) is 6.74.